The van der Waals surface area contributed by atoms with Crippen LogP contribution < -0.4 is 0 Å². The summed E-state index contributed by atoms with van der Waals surface area (Å²) in [4.78, 5) is 13.7. The molecule has 7 heteroatoms. The Morgan fingerprint density at radius 3 is 2.67 bits per heavy atom. The van der Waals surface area contributed by atoms with Crippen molar-refractivity contribution in [2.45, 2.75) is 25.0 Å². The number of nitrogens with zero attached hydrogens (tertiary/aromatic N) is 5. The van der Waals surface area contributed by atoms with Gasteiger partial charge in [0, 0.05) is 35.5 Å². The van der Waals surface area contributed by atoms with E-state index >= 15 is 0 Å². The topological polar surface area (TPSA) is 56.5 Å². The predicted octanol–water partition coefficient (Wildman–Crippen LogP) is 4.83. The first-order chi connectivity index (χ1) is 13.2. The molecule has 0 spiro atoms. The van der Waals surface area contributed by atoms with Gasteiger partial charge in [-0.15, -0.1) is 0 Å². The molecule has 4 rings (SSSR count). The number of rotatable bonds is 5. The summed E-state index contributed by atoms with van der Waals surface area (Å²) in [6, 6.07) is 10.3. The Bertz CT molecular complexity index is 1090. The molecule has 0 aliphatic carbocycles. The van der Waals surface area contributed by atoms with Crippen molar-refractivity contribution in [1.29, 1.82) is 0 Å². The van der Waals surface area contributed by atoms with Crippen LogP contribution in [-0.4, -0.2) is 31.0 Å². The molecule has 3 heterocycles. The lowest BCUT2D eigenvalue weighted by Gasteiger charge is -2.09. The monoisotopic (exact) mass is 379 g/mol. The van der Waals surface area contributed by atoms with E-state index in [9.17, 15) is 4.39 Å². The largest absolute Gasteiger partial charge is 0.270 e. The SMILES string of the molecule is CCCn1cc2cc(-c3ccnc(SC)n3)c(-c3ccc(F)cc3)nc2n1. The average Bonchev–Trinajstić information content (AvgIpc) is 3.09. The lowest BCUT2D eigenvalue weighted by atomic mass is 10.0. The van der Waals surface area contributed by atoms with Crippen molar-refractivity contribution >= 4 is 22.8 Å². The van der Waals surface area contributed by atoms with E-state index in [0.29, 0.717) is 10.8 Å². The maximum absolute atomic E-state index is 13.4. The third kappa shape index (κ3) is 3.55. The van der Waals surface area contributed by atoms with Crippen LogP contribution >= 0.6 is 11.8 Å². The molecule has 5 nitrogen and oxygen atoms in total. The van der Waals surface area contributed by atoms with Gasteiger partial charge in [-0.1, -0.05) is 18.7 Å². The van der Waals surface area contributed by atoms with Crippen molar-refractivity contribution in [2.24, 2.45) is 0 Å². The fraction of sp³-hybridized carbons (Fsp3) is 0.200. The van der Waals surface area contributed by atoms with E-state index in [4.69, 9.17) is 4.98 Å². The van der Waals surface area contributed by atoms with E-state index in [1.807, 2.05) is 29.3 Å². The highest BCUT2D eigenvalue weighted by molar-refractivity contribution is 7.98. The van der Waals surface area contributed by atoms with E-state index < -0.39 is 0 Å². The second-order valence-electron chi connectivity index (χ2n) is 6.13. The Kier molecular flexibility index (Phi) is 4.85. The van der Waals surface area contributed by atoms with E-state index in [0.717, 1.165) is 40.9 Å². The van der Waals surface area contributed by atoms with E-state index in [-0.39, 0.29) is 5.82 Å². The quantitative estimate of drug-likeness (QED) is 0.367. The first-order valence-electron chi connectivity index (χ1n) is 8.69. The molecule has 0 saturated heterocycles. The molecule has 1 aromatic carbocycles. The molecule has 3 aromatic heterocycles. The van der Waals surface area contributed by atoms with Crippen LogP contribution in [0.25, 0.3) is 33.5 Å². The van der Waals surface area contributed by atoms with Crippen molar-refractivity contribution in [3.8, 4) is 22.5 Å². The van der Waals surface area contributed by atoms with Crippen molar-refractivity contribution < 1.29 is 4.39 Å². The standard InChI is InChI=1S/C20H18FN5S/c1-3-10-26-12-14-11-16(17-8-9-22-20(23-17)27-2)18(24-19(14)25-26)13-4-6-15(21)7-5-13/h4-9,11-12H,3,10H2,1-2H3. The third-order valence-corrected chi connectivity index (χ3v) is 4.77. The molecule has 0 bridgehead atoms. The highest BCUT2D eigenvalue weighted by Crippen LogP contribution is 2.32. The van der Waals surface area contributed by atoms with Gasteiger partial charge in [0.15, 0.2) is 10.8 Å². The first kappa shape index (κ1) is 17.6. The molecule has 0 unspecified atom stereocenters. The van der Waals surface area contributed by atoms with Crippen LogP contribution in [0.3, 0.4) is 0 Å². The van der Waals surface area contributed by atoms with Gasteiger partial charge in [-0.2, -0.15) is 5.10 Å². The van der Waals surface area contributed by atoms with Crippen molar-refractivity contribution in [1.82, 2.24) is 24.7 Å². The molecule has 0 saturated carbocycles. The van der Waals surface area contributed by atoms with Crippen molar-refractivity contribution in [3.05, 3.63) is 54.6 Å². The summed E-state index contributed by atoms with van der Waals surface area (Å²) >= 11 is 1.49. The van der Waals surface area contributed by atoms with Crippen LogP contribution in [0.5, 0.6) is 0 Å². The number of hydrogen-bond acceptors (Lipinski definition) is 5. The summed E-state index contributed by atoms with van der Waals surface area (Å²) < 4.78 is 15.3. The second-order valence-corrected chi connectivity index (χ2v) is 6.90. The lowest BCUT2D eigenvalue weighted by Crippen LogP contribution is -1.97. The first-order valence-corrected chi connectivity index (χ1v) is 9.92. The molecule has 0 amide bonds. The summed E-state index contributed by atoms with van der Waals surface area (Å²) in [6.45, 7) is 2.95. The fourth-order valence-corrected chi connectivity index (χ4v) is 3.32. The van der Waals surface area contributed by atoms with Gasteiger partial charge in [-0.3, -0.25) is 4.68 Å². The van der Waals surface area contributed by atoms with Gasteiger partial charge in [0.2, 0.25) is 0 Å². The Morgan fingerprint density at radius 1 is 1.11 bits per heavy atom. The number of hydrogen-bond donors (Lipinski definition) is 0. The molecule has 136 valence electrons. The number of thioether (sulfide) groups is 1. The minimum Gasteiger partial charge on any atom is -0.270 e. The van der Waals surface area contributed by atoms with Gasteiger partial charge >= 0.3 is 0 Å². The number of pyridine rings is 1. The number of aryl methyl sites for hydroxylation is 1. The summed E-state index contributed by atoms with van der Waals surface area (Å²) in [5.41, 5.74) is 3.89. The van der Waals surface area contributed by atoms with Crippen LogP contribution in [0.2, 0.25) is 0 Å². The van der Waals surface area contributed by atoms with Gasteiger partial charge in [0.05, 0.1) is 11.4 Å². The molecular weight excluding hydrogens is 361 g/mol. The number of halogens is 1. The van der Waals surface area contributed by atoms with Crippen molar-refractivity contribution in [3.63, 3.8) is 0 Å². The summed E-state index contributed by atoms with van der Waals surface area (Å²) in [5.74, 6) is -0.277. The van der Waals surface area contributed by atoms with Gasteiger partial charge in [0.25, 0.3) is 0 Å². The van der Waals surface area contributed by atoms with Crippen LogP contribution in [0, 0.1) is 5.82 Å². The molecular formula is C20H18FN5S. The average molecular weight is 379 g/mol. The minimum absolute atomic E-state index is 0.277. The molecule has 0 atom stereocenters. The zero-order valence-electron chi connectivity index (χ0n) is 15.1. The number of fused-ring (bicyclic) bond motifs is 1. The van der Waals surface area contributed by atoms with E-state index in [1.54, 1.807) is 18.3 Å². The normalized spacial score (nSPS) is 11.2. The molecule has 0 fully saturated rings. The van der Waals surface area contributed by atoms with Crippen LogP contribution in [0.15, 0.2) is 53.9 Å². The van der Waals surface area contributed by atoms with Crippen LogP contribution in [0.1, 0.15) is 13.3 Å². The molecule has 0 aliphatic rings. The Labute approximate surface area is 160 Å². The minimum atomic E-state index is -0.277. The second kappa shape index (κ2) is 7.44. The van der Waals surface area contributed by atoms with Gasteiger partial charge in [-0.05, 0) is 49.1 Å². The summed E-state index contributed by atoms with van der Waals surface area (Å²) in [5, 5.41) is 6.22. The lowest BCUT2D eigenvalue weighted by molar-refractivity contribution is 0.607. The Balaban J connectivity index is 1.95. The Hall–Kier alpha value is -2.80. The molecule has 4 aromatic rings. The smallest absolute Gasteiger partial charge is 0.187 e. The molecule has 0 N–H and O–H groups in total. The molecule has 0 radical (unpaired) electrons. The van der Waals surface area contributed by atoms with Crippen LogP contribution in [-0.2, 0) is 6.54 Å². The Morgan fingerprint density at radius 2 is 1.93 bits per heavy atom. The predicted molar refractivity (Wildman–Crippen MR) is 106 cm³/mol. The summed E-state index contributed by atoms with van der Waals surface area (Å²) in [7, 11) is 0. The summed E-state index contributed by atoms with van der Waals surface area (Å²) in [6.07, 6.45) is 6.68. The highest BCUT2D eigenvalue weighted by atomic mass is 32.2. The zero-order chi connectivity index (χ0) is 18.8. The van der Waals surface area contributed by atoms with E-state index in [2.05, 4.69) is 22.0 Å². The fourth-order valence-electron chi connectivity index (χ4n) is 2.96. The maximum atomic E-state index is 13.4. The highest BCUT2D eigenvalue weighted by Gasteiger charge is 2.15. The zero-order valence-corrected chi connectivity index (χ0v) is 15.9. The van der Waals surface area contributed by atoms with Crippen molar-refractivity contribution in [2.75, 3.05) is 6.26 Å². The van der Waals surface area contributed by atoms with Crippen LogP contribution in [0.4, 0.5) is 4.39 Å². The van der Waals surface area contributed by atoms with Gasteiger partial charge < -0.3 is 0 Å². The number of aromatic nitrogens is 5. The molecule has 27 heavy (non-hydrogen) atoms. The number of benzene rings is 1. The van der Waals surface area contributed by atoms with Gasteiger partial charge in [0.1, 0.15) is 5.82 Å². The van der Waals surface area contributed by atoms with E-state index in [1.165, 1.54) is 23.9 Å². The van der Waals surface area contributed by atoms with Gasteiger partial charge in [-0.25, -0.2) is 19.3 Å². The maximum Gasteiger partial charge on any atom is 0.187 e. The molecule has 0 aliphatic heterocycles. The third-order valence-electron chi connectivity index (χ3n) is 4.20.